The summed E-state index contributed by atoms with van der Waals surface area (Å²) in [6, 6.07) is 0. The summed E-state index contributed by atoms with van der Waals surface area (Å²) in [5.41, 5.74) is 0. The van der Waals surface area contributed by atoms with Gasteiger partial charge >= 0.3 is 11.9 Å². The molecule has 1 unspecified atom stereocenters. The summed E-state index contributed by atoms with van der Waals surface area (Å²) in [6.45, 7) is 4.19. The second kappa shape index (κ2) is 61.7. The van der Waals surface area contributed by atoms with Crippen molar-refractivity contribution in [2.75, 3.05) is 13.2 Å². The molecule has 0 heterocycles. The highest BCUT2D eigenvalue weighted by Gasteiger charge is 2.16. The molecule has 0 radical (unpaired) electrons. The number of carbonyl (C=O) groups excluding carboxylic acids is 2. The summed E-state index contributed by atoms with van der Waals surface area (Å²) >= 11 is 0. The summed E-state index contributed by atoms with van der Waals surface area (Å²) < 4.78 is 10.7. The van der Waals surface area contributed by atoms with Crippen LogP contribution in [0.5, 0.6) is 0 Å². The molecule has 0 rings (SSSR count). The van der Waals surface area contributed by atoms with E-state index in [1.165, 1.54) is 295 Å². The normalized spacial score (nSPS) is 12.2. The molecule has 414 valence electrons. The van der Waals surface area contributed by atoms with Gasteiger partial charge in [0.05, 0.1) is 6.61 Å². The van der Waals surface area contributed by atoms with Crippen LogP contribution in [0.2, 0.25) is 0 Å². The first-order chi connectivity index (χ1) is 34.6. The molecule has 0 amide bonds. The highest BCUT2D eigenvalue weighted by molar-refractivity contribution is 5.70. The van der Waals surface area contributed by atoms with Gasteiger partial charge in [0.25, 0.3) is 0 Å². The first-order valence-corrected chi connectivity index (χ1v) is 31.9. The Kier molecular flexibility index (Phi) is 60.3. The van der Waals surface area contributed by atoms with Crippen molar-refractivity contribution in [3.63, 3.8) is 0 Å². The fourth-order valence-corrected chi connectivity index (χ4v) is 9.94. The van der Waals surface area contributed by atoms with E-state index in [1.807, 2.05) is 0 Å². The third kappa shape index (κ3) is 58.9. The van der Waals surface area contributed by atoms with Crippen LogP contribution < -0.4 is 0 Å². The van der Waals surface area contributed by atoms with Gasteiger partial charge in [-0.3, -0.25) is 9.59 Å². The number of aliphatic hydroxyl groups is 1. The molecule has 0 aliphatic carbocycles. The number of carbonyl (C=O) groups is 2. The van der Waals surface area contributed by atoms with Crippen LogP contribution in [-0.4, -0.2) is 36.4 Å². The Morgan fingerprint density at radius 2 is 0.571 bits per heavy atom. The molecule has 0 aromatic rings. The minimum absolute atomic E-state index is 0.0577. The number of esters is 2. The largest absolute Gasteiger partial charge is 0.462 e. The van der Waals surface area contributed by atoms with Gasteiger partial charge in [0, 0.05) is 12.8 Å². The first-order valence-electron chi connectivity index (χ1n) is 31.9. The number of allylic oxidation sites excluding steroid dienone is 4. The zero-order valence-electron chi connectivity index (χ0n) is 47.6. The quantitative estimate of drug-likeness (QED) is 0.0373. The van der Waals surface area contributed by atoms with Gasteiger partial charge < -0.3 is 14.6 Å². The molecular weight excluding hydrogens is 861 g/mol. The molecule has 5 heteroatoms. The highest BCUT2D eigenvalue weighted by Crippen LogP contribution is 2.18. The average Bonchev–Trinajstić information content (AvgIpc) is 3.36. The fourth-order valence-electron chi connectivity index (χ4n) is 9.94. The van der Waals surface area contributed by atoms with Crippen molar-refractivity contribution in [1.29, 1.82) is 0 Å². The van der Waals surface area contributed by atoms with E-state index in [2.05, 4.69) is 38.2 Å². The second-order valence-corrected chi connectivity index (χ2v) is 21.9. The standard InChI is InChI=1S/C65H124O5/c1-3-5-7-9-11-13-15-17-19-21-23-25-27-28-29-30-31-32-33-34-35-36-38-40-42-44-46-48-50-52-54-56-58-60-65(68)70-63(61-66)62-69-64(67)59-57-55-53-51-49-47-45-43-41-39-37-26-24-22-20-18-16-14-12-10-8-6-4-2/h15,17,21,23,63,66H,3-14,16,18-20,22,24-62H2,1-2H3/b17-15-,23-21-. The Labute approximate surface area is 438 Å². The summed E-state index contributed by atoms with van der Waals surface area (Å²) in [7, 11) is 0. The van der Waals surface area contributed by atoms with Crippen LogP contribution in [0.3, 0.4) is 0 Å². The Balaban J connectivity index is 3.39. The number of unbranched alkanes of at least 4 members (excludes halogenated alkanes) is 48. The van der Waals surface area contributed by atoms with Crippen molar-refractivity contribution in [1.82, 2.24) is 0 Å². The van der Waals surface area contributed by atoms with Crippen molar-refractivity contribution in [3.05, 3.63) is 24.3 Å². The zero-order valence-corrected chi connectivity index (χ0v) is 47.6. The zero-order chi connectivity index (χ0) is 50.6. The van der Waals surface area contributed by atoms with Crippen LogP contribution in [0.4, 0.5) is 0 Å². The minimum atomic E-state index is -0.767. The van der Waals surface area contributed by atoms with Gasteiger partial charge in [0.1, 0.15) is 6.61 Å². The van der Waals surface area contributed by atoms with Gasteiger partial charge in [-0.25, -0.2) is 0 Å². The maximum atomic E-state index is 12.3. The van der Waals surface area contributed by atoms with E-state index < -0.39 is 6.10 Å². The minimum Gasteiger partial charge on any atom is -0.462 e. The van der Waals surface area contributed by atoms with Crippen LogP contribution in [0.1, 0.15) is 361 Å². The second-order valence-electron chi connectivity index (χ2n) is 21.9. The van der Waals surface area contributed by atoms with Crippen molar-refractivity contribution in [2.45, 2.75) is 367 Å². The van der Waals surface area contributed by atoms with Crippen LogP contribution in [0.15, 0.2) is 24.3 Å². The topological polar surface area (TPSA) is 72.8 Å². The fraction of sp³-hybridized carbons (Fsp3) is 0.908. The van der Waals surface area contributed by atoms with E-state index in [-0.39, 0.29) is 25.2 Å². The lowest BCUT2D eigenvalue weighted by Crippen LogP contribution is -2.28. The number of rotatable bonds is 60. The predicted octanol–water partition coefficient (Wildman–Crippen LogP) is 21.7. The first kappa shape index (κ1) is 68.4. The number of hydrogen-bond acceptors (Lipinski definition) is 5. The van der Waals surface area contributed by atoms with E-state index in [0.717, 1.165) is 38.5 Å². The molecule has 0 aliphatic heterocycles. The molecule has 1 atom stereocenters. The molecular formula is C65H124O5. The van der Waals surface area contributed by atoms with Gasteiger partial charge in [0.15, 0.2) is 6.10 Å². The Bertz CT molecular complexity index is 1070. The van der Waals surface area contributed by atoms with Crippen LogP contribution in [-0.2, 0) is 19.1 Å². The third-order valence-electron chi connectivity index (χ3n) is 14.7. The summed E-state index contributed by atoms with van der Waals surface area (Å²) in [6.07, 6.45) is 79.0. The maximum Gasteiger partial charge on any atom is 0.306 e. The lowest BCUT2D eigenvalue weighted by molar-refractivity contribution is -0.161. The van der Waals surface area contributed by atoms with E-state index in [4.69, 9.17) is 9.47 Å². The molecule has 0 aliphatic rings. The lowest BCUT2D eigenvalue weighted by Gasteiger charge is -2.15. The summed E-state index contributed by atoms with van der Waals surface area (Å²) in [5, 5.41) is 9.68. The van der Waals surface area contributed by atoms with E-state index in [1.54, 1.807) is 0 Å². The molecule has 0 fully saturated rings. The van der Waals surface area contributed by atoms with Crippen molar-refractivity contribution < 1.29 is 24.2 Å². The van der Waals surface area contributed by atoms with E-state index in [0.29, 0.717) is 12.8 Å². The van der Waals surface area contributed by atoms with Crippen molar-refractivity contribution in [3.8, 4) is 0 Å². The Morgan fingerprint density at radius 1 is 0.329 bits per heavy atom. The number of hydrogen-bond donors (Lipinski definition) is 1. The summed E-state index contributed by atoms with van der Waals surface area (Å²) in [5.74, 6) is -0.565. The van der Waals surface area contributed by atoms with Crippen molar-refractivity contribution in [2.24, 2.45) is 0 Å². The van der Waals surface area contributed by atoms with Crippen molar-refractivity contribution >= 4 is 11.9 Å². The molecule has 0 saturated carbocycles. The monoisotopic (exact) mass is 985 g/mol. The van der Waals surface area contributed by atoms with Crippen LogP contribution >= 0.6 is 0 Å². The van der Waals surface area contributed by atoms with Gasteiger partial charge in [-0.1, -0.05) is 327 Å². The van der Waals surface area contributed by atoms with Crippen LogP contribution in [0, 0.1) is 0 Å². The highest BCUT2D eigenvalue weighted by atomic mass is 16.6. The van der Waals surface area contributed by atoms with Gasteiger partial charge in [0.2, 0.25) is 0 Å². The third-order valence-corrected chi connectivity index (χ3v) is 14.7. The van der Waals surface area contributed by atoms with E-state index in [9.17, 15) is 14.7 Å². The smallest absolute Gasteiger partial charge is 0.306 e. The molecule has 5 nitrogen and oxygen atoms in total. The van der Waals surface area contributed by atoms with Gasteiger partial charge in [-0.05, 0) is 44.9 Å². The average molecular weight is 986 g/mol. The Morgan fingerprint density at radius 3 is 0.843 bits per heavy atom. The Hall–Kier alpha value is -1.62. The molecule has 0 aromatic heterocycles. The lowest BCUT2D eigenvalue weighted by atomic mass is 10.0. The molecule has 70 heavy (non-hydrogen) atoms. The maximum absolute atomic E-state index is 12.3. The van der Waals surface area contributed by atoms with Crippen LogP contribution in [0.25, 0.3) is 0 Å². The number of aliphatic hydroxyl groups excluding tert-OH is 1. The summed E-state index contributed by atoms with van der Waals surface area (Å²) in [4.78, 5) is 24.6. The molecule has 1 N–H and O–H groups in total. The molecule has 0 spiro atoms. The molecule has 0 aromatic carbocycles. The molecule has 0 bridgehead atoms. The predicted molar refractivity (Wildman–Crippen MR) is 307 cm³/mol. The van der Waals surface area contributed by atoms with Gasteiger partial charge in [-0.15, -0.1) is 0 Å². The number of ether oxygens (including phenoxy) is 2. The van der Waals surface area contributed by atoms with Gasteiger partial charge in [-0.2, -0.15) is 0 Å². The van der Waals surface area contributed by atoms with E-state index >= 15 is 0 Å². The molecule has 0 saturated heterocycles. The SMILES string of the molecule is CCCCCCC/C=C\C/C=C\CCCCCCCCCCCCCCCCCCCCCCCC(=O)OC(CO)COC(=O)CCCCCCCCCCCCCCCCCCCCCCCCC.